The van der Waals surface area contributed by atoms with Gasteiger partial charge in [-0.2, -0.15) is 0 Å². The molecular weight excluding hydrogens is 220 g/mol. The fourth-order valence-electron chi connectivity index (χ4n) is 2.16. The van der Waals surface area contributed by atoms with Gasteiger partial charge in [-0.15, -0.1) is 0 Å². The Morgan fingerprint density at radius 1 is 1.65 bits per heavy atom. The van der Waals surface area contributed by atoms with Crippen LogP contribution in [0.2, 0.25) is 0 Å². The fraction of sp³-hybridized carbons (Fsp3) is 0.583. The van der Waals surface area contributed by atoms with Crippen molar-refractivity contribution in [2.45, 2.75) is 39.2 Å². The van der Waals surface area contributed by atoms with E-state index in [4.69, 9.17) is 4.74 Å². The van der Waals surface area contributed by atoms with Crippen LogP contribution in [0.4, 0.5) is 0 Å². The van der Waals surface area contributed by atoms with Gasteiger partial charge < -0.3 is 4.74 Å². The molecule has 0 spiro atoms. The van der Waals surface area contributed by atoms with E-state index in [1.54, 1.807) is 11.5 Å². The number of hydrogen-bond donors (Lipinski definition) is 0. The minimum absolute atomic E-state index is 0.0701. The lowest BCUT2D eigenvalue weighted by Crippen LogP contribution is -2.24. The summed E-state index contributed by atoms with van der Waals surface area (Å²) >= 11 is 0. The molecule has 1 aliphatic heterocycles. The highest BCUT2D eigenvalue weighted by Gasteiger charge is 2.21. The van der Waals surface area contributed by atoms with Crippen molar-refractivity contribution in [3.8, 4) is 0 Å². The standard InChI is InChI=1S/C12H16N2O3/c1-3-17-12(16)7-9-6-11(15)14-8(2)4-5-10(14)13-9/h6,8H,3-5,7H2,1-2H3/t8-/m1/s1. The summed E-state index contributed by atoms with van der Waals surface area (Å²) < 4.78 is 6.54. The molecule has 2 heterocycles. The zero-order chi connectivity index (χ0) is 12.4. The van der Waals surface area contributed by atoms with Crippen LogP contribution in [0.15, 0.2) is 10.9 Å². The molecule has 5 nitrogen and oxygen atoms in total. The Morgan fingerprint density at radius 2 is 2.41 bits per heavy atom. The van der Waals surface area contributed by atoms with E-state index in [1.807, 2.05) is 6.92 Å². The Hall–Kier alpha value is -1.65. The Balaban J connectivity index is 2.25. The molecule has 1 atom stereocenters. The number of aromatic nitrogens is 2. The molecule has 0 amide bonds. The first-order valence-electron chi connectivity index (χ1n) is 5.88. The van der Waals surface area contributed by atoms with Crippen LogP contribution >= 0.6 is 0 Å². The van der Waals surface area contributed by atoms with Gasteiger partial charge in [0.1, 0.15) is 5.82 Å². The second-order valence-corrected chi connectivity index (χ2v) is 4.24. The molecule has 0 N–H and O–H groups in total. The van der Waals surface area contributed by atoms with Crippen molar-refractivity contribution in [3.63, 3.8) is 0 Å². The molecule has 0 aromatic carbocycles. The van der Waals surface area contributed by atoms with Crippen molar-refractivity contribution >= 4 is 5.97 Å². The molecule has 0 radical (unpaired) electrons. The molecule has 1 aromatic rings. The van der Waals surface area contributed by atoms with Crippen LogP contribution in [0.5, 0.6) is 0 Å². The van der Waals surface area contributed by atoms with Crippen LogP contribution < -0.4 is 5.56 Å². The van der Waals surface area contributed by atoms with E-state index in [-0.39, 0.29) is 24.0 Å². The van der Waals surface area contributed by atoms with Crippen LogP contribution in [0.25, 0.3) is 0 Å². The third-order valence-electron chi connectivity index (χ3n) is 2.94. The normalized spacial score (nSPS) is 17.9. The van der Waals surface area contributed by atoms with Crippen molar-refractivity contribution in [1.82, 2.24) is 9.55 Å². The summed E-state index contributed by atoms with van der Waals surface area (Å²) in [7, 11) is 0. The summed E-state index contributed by atoms with van der Waals surface area (Å²) in [5.74, 6) is 0.444. The van der Waals surface area contributed by atoms with Crippen molar-refractivity contribution in [1.29, 1.82) is 0 Å². The Kier molecular flexibility index (Phi) is 3.26. The minimum Gasteiger partial charge on any atom is -0.466 e. The van der Waals surface area contributed by atoms with Crippen LogP contribution in [0.1, 0.15) is 37.8 Å². The Labute approximate surface area is 99.4 Å². The van der Waals surface area contributed by atoms with Gasteiger partial charge in [-0.05, 0) is 20.3 Å². The first kappa shape index (κ1) is 11.8. The van der Waals surface area contributed by atoms with Gasteiger partial charge in [-0.3, -0.25) is 14.2 Å². The van der Waals surface area contributed by atoms with Crippen LogP contribution in [0, 0.1) is 0 Å². The van der Waals surface area contributed by atoms with Gasteiger partial charge in [0.2, 0.25) is 0 Å². The largest absolute Gasteiger partial charge is 0.466 e. The van der Waals surface area contributed by atoms with E-state index >= 15 is 0 Å². The lowest BCUT2D eigenvalue weighted by Gasteiger charge is -2.09. The number of nitrogens with zero attached hydrogens (tertiary/aromatic N) is 2. The maximum absolute atomic E-state index is 11.9. The summed E-state index contributed by atoms with van der Waals surface area (Å²) in [4.78, 5) is 27.5. The van der Waals surface area contributed by atoms with Gasteiger partial charge in [-0.25, -0.2) is 4.98 Å². The quantitative estimate of drug-likeness (QED) is 0.730. The van der Waals surface area contributed by atoms with Gasteiger partial charge in [0.05, 0.1) is 18.7 Å². The molecule has 0 saturated heterocycles. The first-order chi connectivity index (χ1) is 8.11. The van der Waals surface area contributed by atoms with Gasteiger partial charge in [0.15, 0.2) is 0 Å². The molecule has 0 aliphatic carbocycles. The number of aryl methyl sites for hydroxylation is 1. The molecule has 92 valence electrons. The second-order valence-electron chi connectivity index (χ2n) is 4.24. The van der Waals surface area contributed by atoms with E-state index < -0.39 is 0 Å². The maximum atomic E-state index is 11.9. The molecule has 0 saturated carbocycles. The van der Waals surface area contributed by atoms with E-state index in [0.717, 1.165) is 18.7 Å². The molecule has 17 heavy (non-hydrogen) atoms. The predicted octanol–water partition coefficient (Wildman–Crippen LogP) is 0.856. The van der Waals surface area contributed by atoms with Gasteiger partial charge >= 0.3 is 5.97 Å². The predicted molar refractivity (Wildman–Crippen MR) is 61.9 cm³/mol. The number of carbonyl (C=O) groups excluding carboxylic acids is 1. The number of rotatable bonds is 3. The third-order valence-corrected chi connectivity index (χ3v) is 2.94. The van der Waals surface area contributed by atoms with E-state index in [0.29, 0.717) is 12.3 Å². The van der Waals surface area contributed by atoms with E-state index in [1.165, 1.54) is 6.07 Å². The SMILES string of the molecule is CCOC(=O)Cc1cc(=O)n2c(n1)CC[C@H]2C. The van der Waals surface area contributed by atoms with Crippen molar-refractivity contribution in [3.05, 3.63) is 27.9 Å². The van der Waals surface area contributed by atoms with Crippen molar-refractivity contribution in [2.75, 3.05) is 6.61 Å². The van der Waals surface area contributed by atoms with Gasteiger partial charge in [0.25, 0.3) is 5.56 Å². The summed E-state index contributed by atoms with van der Waals surface area (Å²) in [6.45, 7) is 4.11. The van der Waals surface area contributed by atoms with E-state index in [9.17, 15) is 9.59 Å². The third kappa shape index (κ3) is 2.38. The topological polar surface area (TPSA) is 61.2 Å². The second kappa shape index (κ2) is 4.69. The molecule has 1 aliphatic rings. The number of ether oxygens (including phenoxy) is 1. The average molecular weight is 236 g/mol. The molecule has 1 aromatic heterocycles. The molecule has 0 fully saturated rings. The fourth-order valence-corrected chi connectivity index (χ4v) is 2.16. The molecule has 5 heteroatoms. The molecular formula is C12H16N2O3. The molecule has 0 unspecified atom stereocenters. The highest BCUT2D eigenvalue weighted by Crippen LogP contribution is 2.21. The summed E-state index contributed by atoms with van der Waals surface area (Å²) in [6, 6.07) is 1.64. The van der Waals surface area contributed by atoms with Crippen molar-refractivity contribution < 1.29 is 9.53 Å². The lowest BCUT2D eigenvalue weighted by atomic mass is 10.2. The Bertz CT molecular complexity index is 493. The van der Waals surface area contributed by atoms with Crippen LogP contribution in [0.3, 0.4) is 0 Å². The van der Waals surface area contributed by atoms with Gasteiger partial charge in [0, 0.05) is 18.5 Å². The average Bonchev–Trinajstić information content (AvgIpc) is 2.60. The first-order valence-corrected chi connectivity index (χ1v) is 5.88. The number of hydrogen-bond acceptors (Lipinski definition) is 4. The molecule has 2 rings (SSSR count). The highest BCUT2D eigenvalue weighted by atomic mass is 16.5. The number of fused-ring (bicyclic) bond motifs is 1. The van der Waals surface area contributed by atoms with E-state index in [2.05, 4.69) is 4.98 Å². The highest BCUT2D eigenvalue weighted by molar-refractivity contribution is 5.71. The van der Waals surface area contributed by atoms with Crippen molar-refractivity contribution in [2.24, 2.45) is 0 Å². The Morgan fingerprint density at radius 3 is 3.12 bits per heavy atom. The minimum atomic E-state index is -0.338. The summed E-state index contributed by atoms with van der Waals surface area (Å²) in [6.07, 6.45) is 1.81. The molecule has 0 bridgehead atoms. The summed E-state index contributed by atoms with van der Waals surface area (Å²) in [5.41, 5.74) is 0.438. The smallest absolute Gasteiger partial charge is 0.311 e. The van der Waals surface area contributed by atoms with Gasteiger partial charge in [-0.1, -0.05) is 0 Å². The monoisotopic (exact) mass is 236 g/mol. The summed E-state index contributed by atoms with van der Waals surface area (Å²) in [5, 5.41) is 0. The zero-order valence-electron chi connectivity index (χ0n) is 10.1. The number of carbonyl (C=O) groups is 1. The zero-order valence-corrected chi connectivity index (χ0v) is 10.1. The lowest BCUT2D eigenvalue weighted by molar-refractivity contribution is -0.142. The van der Waals surface area contributed by atoms with Crippen LogP contribution in [-0.2, 0) is 22.4 Å². The van der Waals surface area contributed by atoms with Crippen LogP contribution in [-0.4, -0.2) is 22.1 Å². The number of esters is 1. The maximum Gasteiger partial charge on any atom is 0.311 e.